The molecule has 2 heterocycles. The third kappa shape index (κ3) is 5.23. The molecular formula is C26H21F3N4O2S. The Morgan fingerprint density at radius 1 is 1.06 bits per heavy atom. The van der Waals surface area contributed by atoms with Gasteiger partial charge < -0.3 is 15.6 Å². The lowest BCUT2D eigenvalue weighted by Gasteiger charge is -2.25. The quantitative estimate of drug-likeness (QED) is 0.320. The fourth-order valence-corrected chi connectivity index (χ4v) is 5.18. The average Bonchev–Trinajstić information content (AvgIpc) is 3.28. The third-order valence-electron chi connectivity index (χ3n) is 5.85. The lowest BCUT2D eigenvalue weighted by atomic mass is 10.0. The summed E-state index contributed by atoms with van der Waals surface area (Å²) < 4.78 is 39.0. The van der Waals surface area contributed by atoms with Crippen LogP contribution in [0.3, 0.4) is 0 Å². The number of anilines is 1. The van der Waals surface area contributed by atoms with E-state index < -0.39 is 28.9 Å². The number of alkyl halides is 3. The van der Waals surface area contributed by atoms with Crippen molar-refractivity contribution in [2.45, 2.75) is 35.2 Å². The van der Waals surface area contributed by atoms with Crippen LogP contribution in [0.25, 0.3) is 11.0 Å². The number of fused-ring (bicyclic) bond motifs is 2. The first kappa shape index (κ1) is 23.9. The van der Waals surface area contributed by atoms with Crippen molar-refractivity contribution >= 4 is 40.3 Å². The van der Waals surface area contributed by atoms with Crippen molar-refractivity contribution in [2.75, 3.05) is 5.32 Å². The van der Waals surface area contributed by atoms with Gasteiger partial charge in [0.2, 0.25) is 11.8 Å². The van der Waals surface area contributed by atoms with Crippen LogP contribution in [0.15, 0.2) is 77.7 Å². The van der Waals surface area contributed by atoms with Crippen LogP contribution in [-0.4, -0.2) is 27.0 Å². The normalized spacial score (nSPS) is 16.3. The molecule has 0 saturated carbocycles. The zero-order chi connectivity index (χ0) is 25.3. The molecule has 2 atom stereocenters. The number of rotatable bonds is 6. The summed E-state index contributed by atoms with van der Waals surface area (Å²) in [5, 5.41) is 4.73. The SMILES string of the molecule is O=C(C[C@H]1Sc2ccc(C(F)(F)F)cc2NC1=O)N[C@H](Cc1ccccc1)c1nc2ccccc2[nH]1. The van der Waals surface area contributed by atoms with Gasteiger partial charge in [-0.1, -0.05) is 42.5 Å². The van der Waals surface area contributed by atoms with E-state index in [0.29, 0.717) is 17.1 Å². The Morgan fingerprint density at radius 3 is 2.56 bits per heavy atom. The van der Waals surface area contributed by atoms with Crippen molar-refractivity contribution in [3.63, 3.8) is 0 Å². The van der Waals surface area contributed by atoms with Gasteiger partial charge in [0, 0.05) is 11.3 Å². The largest absolute Gasteiger partial charge is 0.416 e. The number of H-pyrrole nitrogens is 1. The molecule has 0 bridgehead atoms. The molecule has 2 amide bonds. The molecule has 184 valence electrons. The zero-order valence-corrected chi connectivity index (χ0v) is 19.6. The maximum absolute atomic E-state index is 13.0. The Balaban J connectivity index is 1.32. The topological polar surface area (TPSA) is 86.9 Å². The Labute approximate surface area is 208 Å². The fraction of sp³-hybridized carbons (Fsp3) is 0.192. The van der Waals surface area contributed by atoms with Crippen molar-refractivity contribution in [1.82, 2.24) is 15.3 Å². The second-order valence-corrected chi connectivity index (χ2v) is 9.70. The molecule has 0 spiro atoms. The van der Waals surface area contributed by atoms with E-state index in [1.54, 1.807) is 0 Å². The van der Waals surface area contributed by atoms with Gasteiger partial charge in [-0.05, 0) is 42.3 Å². The number of hydrogen-bond acceptors (Lipinski definition) is 4. The number of aromatic nitrogens is 2. The van der Waals surface area contributed by atoms with Crippen molar-refractivity contribution in [2.24, 2.45) is 0 Å². The van der Waals surface area contributed by atoms with Crippen molar-refractivity contribution in [3.05, 3.63) is 89.7 Å². The number of halogens is 3. The number of imidazole rings is 1. The van der Waals surface area contributed by atoms with E-state index in [0.717, 1.165) is 40.5 Å². The predicted octanol–water partition coefficient (Wildman–Crippen LogP) is 5.48. The number of carbonyl (C=O) groups excluding carboxylic acids is 2. The molecule has 5 rings (SSSR count). The Hall–Kier alpha value is -3.79. The Bertz CT molecular complexity index is 1390. The molecule has 6 nitrogen and oxygen atoms in total. The number of carbonyl (C=O) groups is 2. The molecule has 0 radical (unpaired) electrons. The van der Waals surface area contributed by atoms with Crippen LogP contribution in [0.1, 0.15) is 29.4 Å². The smallest absolute Gasteiger partial charge is 0.346 e. The summed E-state index contributed by atoms with van der Waals surface area (Å²) in [6.07, 6.45) is -4.16. The molecule has 0 saturated heterocycles. The van der Waals surface area contributed by atoms with Crippen molar-refractivity contribution < 1.29 is 22.8 Å². The highest BCUT2D eigenvalue weighted by Crippen LogP contribution is 2.40. The molecule has 3 N–H and O–H groups in total. The summed E-state index contributed by atoms with van der Waals surface area (Å²) in [5.41, 5.74) is 1.88. The minimum absolute atomic E-state index is 0.0979. The van der Waals surface area contributed by atoms with Crippen LogP contribution in [0.4, 0.5) is 18.9 Å². The summed E-state index contributed by atoms with van der Waals surface area (Å²) in [4.78, 5) is 34.0. The van der Waals surface area contributed by atoms with Gasteiger partial charge in [-0.2, -0.15) is 13.2 Å². The molecular weight excluding hydrogens is 489 g/mol. The molecule has 10 heteroatoms. The van der Waals surface area contributed by atoms with E-state index in [1.807, 2.05) is 54.6 Å². The van der Waals surface area contributed by atoms with E-state index in [-0.39, 0.29) is 18.0 Å². The zero-order valence-electron chi connectivity index (χ0n) is 18.8. The first-order valence-electron chi connectivity index (χ1n) is 11.2. The van der Waals surface area contributed by atoms with E-state index >= 15 is 0 Å². The maximum Gasteiger partial charge on any atom is 0.416 e. The van der Waals surface area contributed by atoms with Crippen LogP contribution in [0.5, 0.6) is 0 Å². The third-order valence-corrected chi connectivity index (χ3v) is 7.13. The maximum atomic E-state index is 13.0. The number of amides is 2. The van der Waals surface area contributed by atoms with Gasteiger partial charge in [0.15, 0.2) is 0 Å². The van der Waals surface area contributed by atoms with Gasteiger partial charge in [0.05, 0.1) is 33.6 Å². The summed E-state index contributed by atoms with van der Waals surface area (Å²) in [7, 11) is 0. The minimum atomic E-state index is -4.51. The lowest BCUT2D eigenvalue weighted by Crippen LogP contribution is -2.37. The number of aromatic amines is 1. The monoisotopic (exact) mass is 510 g/mol. The second kappa shape index (κ2) is 9.69. The molecule has 0 aliphatic carbocycles. The fourth-order valence-electron chi connectivity index (χ4n) is 4.09. The number of thioether (sulfide) groups is 1. The van der Waals surface area contributed by atoms with Gasteiger partial charge in [0.1, 0.15) is 5.82 Å². The lowest BCUT2D eigenvalue weighted by molar-refractivity contribution is -0.137. The van der Waals surface area contributed by atoms with Crippen LogP contribution in [-0.2, 0) is 22.2 Å². The van der Waals surface area contributed by atoms with E-state index in [4.69, 9.17) is 0 Å². The molecule has 0 unspecified atom stereocenters. The molecule has 0 fully saturated rings. The first-order chi connectivity index (χ1) is 17.3. The standard InChI is InChI=1S/C26H21F3N4O2S/c27-26(28,29)16-10-11-21-19(13-16)33-25(35)22(36-21)14-23(34)30-20(12-15-6-2-1-3-7-15)24-31-17-8-4-5-9-18(17)32-24/h1-11,13,20,22H,12,14H2,(H,30,34)(H,31,32)(H,33,35)/t20-,22-/m1/s1. The van der Waals surface area contributed by atoms with Crippen molar-refractivity contribution in [1.29, 1.82) is 0 Å². The number of nitrogens with one attached hydrogen (secondary N) is 3. The number of hydrogen-bond donors (Lipinski definition) is 3. The van der Waals surface area contributed by atoms with Crippen molar-refractivity contribution in [3.8, 4) is 0 Å². The van der Waals surface area contributed by atoms with Gasteiger partial charge in [0.25, 0.3) is 0 Å². The Kier molecular flexibility index (Phi) is 6.44. The summed E-state index contributed by atoms with van der Waals surface area (Å²) in [6.45, 7) is 0. The highest BCUT2D eigenvalue weighted by atomic mass is 32.2. The Morgan fingerprint density at radius 2 is 1.81 bits per heavy atom. The summed E-state index contributed by atoms with van der Waals surface area (Å²) in [6, 6.07) is 19.9. The highest BCUT2D eigenvalue weighted by molar-refractivity contribution is 8.01. The number of benzene rings is 3. The van der Waals surface area contributed by atoms with E-state index in [2.05, 4.69) is 20.6 Å². The average molecular weight is 511 g/mol. The minimum Gasteiger partial charge on any atom is -0.346 e. The molecule has 1 aliphatic heterocycles. The van der Waals surface area contributed by atoms with Crippen LogP contribution < -0.4 is 10.6 Å². The summed E-state index contributed by atoms with van der Waals surface area (Å²) >= 11 is 1.08. The summed E-state index contributed by atoms with van der Waals surface area (Å²) in [5.74, 6) is -0.274. The van der Waals surface area contributed by atoms with Gasteiger partial charge in [-0.25, -0.2) is 4.98 Å². The van der Waals surface area contributed by atoms with E-state index in [1.165, 1.54) is 6.07 Å². The van der Waals surface area contributed by atoms with E-state index in [9.17, 15) is 22.8 Å². The molecule has 36 heavy (non-hydrogen) atoms. The molecule has 1 aromatic heterocycles. The van der Waals surface area contributed by atoms with Crippen LogP contribution >= 0.6 is 11.8 Å². The first-order valence-corrected chi connectivity index (χ1v) is 12.1. The van der Waals surface area contributed by atoms with Gasteiger partial charge >= 0.3 is 6.18 Å². The van der Waals surface area contributed by atoms with Gasteiger partial charge in [-0.15, -0.1) is 11.8 Å². The second-order valence-electron chi connectivity index (χ2n) is 8.46. The predicted molar refractivity (Wildman–Crippen MR) is 131 cm³/mol. The van der Waals surface area contributed by atoms with Crippen LogP contribution in [0, 0.1) is 0 Å². The highest BCUT2D eigenvalue weighted by Gasteiger charge is 2.34. The number of nitrogens with zero attached hydrogens (tertiary/aromatic N) is 1. The molecule has 1 aliphatic rings. The molecule has 3 aromatic carbocycles. The van der Waals surface area contributed by atoms with Crippen LogP contribution in [0.2, 0.25) is 0 Å². The molecule has 4 aromatic rings. The van der Waals surface area contributed by atoms with Gasteiger partial charge in [-0.3, -0.25) is 9.59 Å². The number of para-hydroxylation sites is 2.